The normalized spacial score (nSPS) is 14.1. The Hall–Kier alpha value is -3.44. The number of hydrogen-bond acceptors (Lipinski definition) is 2. The largest absolute Gasteiger partial charge is 0.333 e. The number of aromatic nitrogens is 3. The molecule has 1 aliphatic carbocycles. The molecule has 5 aromatic rings. The van der Waals surface area contributed by atoms with Gasteiger partial charge in [0.25, 0.3) is 0 Å². The Morgan fingerprint density at radius 2 is 1.81 bits per heavy atom. The fourth-order valence-corrected chi connectivity index (χ4v) is 5.52. The van der Waals surface area contributed by atoms with Gasteiger partial charge in [0.05, 0.1) is 22.9 Å². The standard InChI is InChI=1S/C31H33FN4/c1-21-5-2-3-8-25(21)31-30(32)29-26-19-34-35-27(26)13-14-28(29)36(31)20-24-11-9-23(10-12-24)16-18-33-17-15-22-6-4-7-22/h2-3,5,8-14,19,22,33H,4,6-7,15-18,20H2,1H3,(H,34,35). The van der Waals surface area contributed by atoms with Crippen LogP contribution in [0, 0.1) is 18.7 Å². The number of fused-ring (bicyclic) bond motifs is 3. The molecule has 2 aromatic heterocycles. The van der Waals surface area contributed by atoms with E-state index in [0.29, 0.717) is 17.6 Å². The van der Waals surface area contributed by atoms with Gasteiger partial charge >= 0.3 is 0 Å². The van der Waals surface area contributed by atoms with Crippen molar-refractivity contribution in [3.63, 3.8) is 0 Å². The molecule has 0 unspecified atom stereocenters. The number of nitrogens with zero attached hydrogens (tertiary/aromatic N) is 2. The van der Waals surface area contributed by atoms with E-state index >= 15 is 4.39 Å². The lowest BCUT2D eigenvalue weighted by atomic mass is 9.83. The van der Waals surface area contributed by atoms with Gasteiger partial charge in [-0.1, -0.05) is 67.8 Å². The van der Waals surface area contributed by atoms with E-state index in [0.717, 1.165) is 58.5 Å². The minimum atomic E-state index is -0.184. The molecule has 2 heterocycles. The predicted octanol–water partition coefficient (Wildman–Crippen LogP) is 7.00. The lowest BCUT2D eigenvalue weighted by Gasteiger charge is -2.25. The first-order valence-electron chi connectivity index (χ1n) is 13.2. The Bertz CT molecular complexity index is 1490. The number of hydrogen-bond donors (Lipinski definition) is 2. The van der Waals surface area contributed by atoms with Crippen molar-refractivity contribution in [1.29, 1.82) is 0 Å². The van der Waals surface area contributed by atoms with Crippen molar-refractivity contribution in [2.45, 2.75) is 45.6 Å². The molecule has 0 amide bonds. The minimum Gasteiger partial charge on any atom is -0.333 e. The van der Waals surface area contributed by atoms with Crippen LogP contribution in [0.4, 0.5) is 4.39 Å². The molecule has 1 aliphatic rings. The molecule has 1 saturated carbocycles. The Kier molecular flexibility index (Phi) is 6.32. The van der Waals surface area contributed by atoms with Gasteiger partial charge in [-0.2, -0.15) is 5.10 Å². The Morgan fingerprint density at radius 1 is 1.00 bits per heavy atom. The summed E-state index contributed by atoms with van der Waals surface area (Å²) < 4.78 is 18.3. The van der Waals surface area contributed by atoms with Crippen LogP contribution in [0.2, 0.25) is 0 Å². The number of H-pyrrole nitrogens is 1. The summed E-state index contributed by atoms with van der Waals surface area (Å²) in [5.74, 6) is 0.774. The van der Waals surface area contributed by atoms with E-state index in [4.69, 9.17) is 0 Å². The van der Waals surface area contributed by atoms with Crippen LogP contribution in [-0.4, -0.2) is 27.9 Å². The summed E-state index contributed by atoms with van der Waals surface area (Å²) in [6.07, 6.45) is 8.32. The molecule has 3 aromatic carbocycles. The molecular formula is C31H33FN4. The highest BCUT2D eigenvalue weighted by Gasteiger charge is 2.22. The van der Waals surface area contributed by atoms with Crippen LogP contribution in [0.1, 0.15) is 42.4 Å². The maximum Gasteiger partial charge on any atom is 0.157 e. The van der Waals surface area contributed by atoms with Gasteiger partial charge in [-0.25, -0.2) is 4.39 Å². The molecule has 184 valence electrons. The molecule has 36 heavy (non-hydrogen) atoms. The van der Waals surface area contributed by atoms with Crippen LogP contribution in [0.15, 0.2) is 66.9 Å². The molecule has 6 rings (SSSR count). The third-order valence-corrected chi connectivity index (χ3v) is 7.90. The molecule has 0 spiro atoms. The second kappa shape index (κ2) is 9.90. The maximum atomic E-state index is 16.1. The molecule has 0 aliphatic heterocycles. The van der Waals surface area contributed by atoms with Gasteiger partial charge in [0.1, 0.15) is 0 Å². The van der Waals surface area contributed by atoms with E-state index in [2.05, 4.69) is 44.3 Å². The first kappa shape index (κ1) is 23.0. The molecule has 2 N–H and O–H groups in total. The number of rotatable bonds is 9. The summed E-state index contributed by atoms with van der Waals surface area (Å²) in [6.45, 7) is 4.78. The molecular weight excluding hydrogens is 447 g/mol. The van der Waals surface area contributed by atoms with Crippen molar-refractivity contribution in [2.24, 2.45) is 5.92 Å². The fourth-order valence-electron chi connectivity index (χ4n) is 5.52. The fraction of sp³-hybridized carbons (Fsp3) is 0.323. The van der Waals surface area contributed by atoms with Gasteiger partial charge in [-0.3, -0.25) is 5.10 Å². The van der Waals surface area contributed by atoms with Gasteiger partial charge in [0, 0.05) is 22.9 Å². The first-order valence-corrected chi connectivity index (χ1v) is 13.2. The van der Waals surface area contributed by atoms with Crippen molar-refractivity contribution in [3.05, 3.63) is 89.4 Å². The Balaban J connectivity index is 1.27. The average molecular weight is 481 g/mol. The predicted molar refractivity (Wildman–Crippen MR) is 146 cm³/mol. The smallest absolute Gasteiger partial charge is 0.157 e. The molecule has 0 bridgehead atoms. The van der Waals surface area contributed by atoms with Gasteiger partial charge in [0.2, 0.25) is 0 Å². The van der Waals surface area contributed by atoms with Gasteiger partial charge in [0.15, 0.2) is 5.82 Å². The van der Waals surface area contributed by atoms with Crippen LogP contribution in [0.3, 0.4) is 0 Å². The van der Waals surface area contributed by atoms with E-state index in [1.807, 2.05) is 43.3 Å². The number of aromatic amines is 1. The summed E-state index contributed by atoms with van der Waals surface area (Å²) in [6, 6.07) is 20.8. The third-order valence-electron chi connectivity index (χ3n) is 7.90. The average Bonchev–Trinajstić information content (AvgIpc) is 3.44. The van der Waals surface area contributed by atoms with Crippen molar-refractivity contribution in [2.75, 3.05) is 13.1 Å². The highest BCUT2D eigenvalue weighted by molar-refractivity contribution is 6.07. The second-order valence-corrected chi connectivity index (χ2v) is 10.3. The lowest BCUT2D eigenvalue weighted by molar-refractivity contribution is 0.292. The zero-order valence-electron chi connectivity index (χ0n) is 20.9. The molecule has 4 nitrogen and oxygen atoms in total. The topological polar surface area (TPSA) is 45.6 Å². The van der Waals surface area contributed by atoms with Crippen LogP contribution in [0.5, 0.6) is 0 Å². The second-order valence-electron chi connectivity index (χ2n) is 10.3. The zero-order chi connectivity index (χ0) is 24.5. The Labute approximate surface area is 211 Å². The molecule has 0 atom stereocenters. The lowest BCUT2D eigenvalue weighted by Crippen LogP contribution is -2.23. The summed E-state index contributed by atoms with van der Waals surface area (Å²) >= 11 is 0. The number of benzene rings is 3. The van der Waals surface area contributed by atoms with Crippen LogP contribution < -0.4 is 5.32 Å². The molecule has 0 saturated heterocycles. The third kappa shape index (κ3) is 4.33. The highest BCUT2D eigenvalue weighted by Crippen LogP contribution is 2.38. The quantitative estimate of drug-likeness (QED) is 0.223. The maximum absolute atomic E-state index is 16.1. The highest BCUT2D eigenvalue weighted by atomic mass is 19.1. The zero-order valence-corrected chi connectivity index (χ0v) is 20.9. The van der Waals surface area contributed by atoms with Crippen molar-refractivity contribution in [3.8, 4) is 11.3 Å². The number of aryl methyl sites for hydroxylation is 1. The van der Waals surface area contributed by atoms with E-state index in [-0.39, 0.29) is 5.82 Å². The van der Waals surface area contributed by atoms with Crippen LogP contribution in [-0.2, 0) is 13.0 Å². The summed E-state index contributed by atoms with van der Waals surface area (Å²) in [5.41, 5.74) is 6.85. The van der Waals surface area contributed by atoms with E-state index in [9.17, 15) is 0 Å². The number of halogens is 1. The molecule has 0 radical (unpaired) electrons. The Morgan fingerprint density at radius 3 is 2.58 bits per heavy atom. The summed E-state index contributed by atoms with van der Waals surface area (Å²) in [7, 11) is 0. The van der Waals surface area contributed by atoms with Crippen molar-refractivity contribution < 1.29 is 4.39 Å². The molecule has 1 fully saturated rings. The van der Waals surface area contributed by atoms with Crippen LogP contribution in [0.25, 0.3) is 33.1 Å². The summed E-state index contributed by atoms with van der Waals surface area (Å²) in [4.78, 5) is 0. The SMILES string of the molecule is Cc1ccccc1-c1c(F)c2c3cn[nH]c3ccc2n1Cc1ccc(CCNCCC2CCC2)cc1. The van der Waals surface area contributed by atoms with Crippen molar-refractivity contribution >= 4 is 21.8 Å². The monoisotopic (exact) mass is 480 g/mol. The van der Waals surface area contributed by atoms with Crippen LogP contribution >= 0.6 is 0 Å². The van der Waals surface area contributed by atoms with Gasteiger partial charge in [-0.15, -0.1) is 0 Å². The first-order chi connectivity index (χ1) is 17.7. The molecule has 5 heteroatoms. The summed E-state index contributed by atoms with van der Waals surface area (Å²) in [5, 5.41) is 12.2. The van der Waals surface area contributed by atoms with E-state index in [1.54, 1.807) is 6.20 Å². The van der Waals surface area contributed by atoms with Crippen molar-refractivity contribution in [1.82, 2.24) is 20.1 Å². The van der Waals surface area contributed by atoms with Gasteiger partial charge < -0.3 is 9.88 Å². The van der Waals surface area contributed by atoms with E-state index in [1.165, 1.54) is 31.2 Å². The van der Waals surface area contributed by atoms with E-state index < -0.39 is 0 Å². The minimum absolute atomic E-state index is 0.184. The van der Waals surface area contributed by atoms with Gasteiger partial charge in [-0.05, 0) is 67.6 Å². The number of nitrogens with one attached hydrogen (secondary N) is 2.